The fourth-order valence-electron chi connectivity index (χ4n) is 1.82. The molecule has 0 saturated heterocycles. The summed E-state index contributed by atoms with van der Waals surface area (Å²) in [6.45, 7) is 4.27. The first kappa shape index (κ1) is 13.7. The first-order valence-electron chi connectivity index (χ1n) is 5.98. The molecule has 0 spiro atoms. The molecule has 1 aromatic rings. The molecular weight excluding hydrogens is 311 g/mol. The molecule has 1 nitrogen and oxygen atoms in total. The summed E-state index contributed by atoms with van der Waals surface area (Å²) >= 11 is 2.26. The SMILES string of the molecule is CCCCC(CC)C(=O)c1ccc(I)cc1. The third-order valence-corrected chi connectivity index (χ3v) is 3.62. The molecule has 0 amide bonds. The van der Waals surface area contributed by atoms with Gasteiger partial charge in [0.2, 0.25) is 0 Å². The van der Waals surface area contributed by atoms with Crippen molar-refractivity contribution in [3.8, 4) is 0 Å². The standard InChI is InChI=1S/C14H19IO/c1-3-5-6-11(4-2)14(16)12-7-9-13(15)10-8-12/h7-11H,3-6H2,1-2H3. The van der Waals surface area contributed by atoms with Gasteiger partial charge in [-0.1, -0.05) is 38.8 Å². The van der Waals surface area contributed by atoms with Crippen molar-refractivity contribution in [1.29, 1.82) is 0 Å². The number of ketones is 1. The van der Waals surface area contributed by atoms with E-state index < -0.39 is 0 Å². The van der Waals surface area contributed by atoms with E-state index in [1.165, 1.54) is 3.57 Å². The molecule has 0 N–H and O–H groups in total. The van der Waals surface area contributed by atoms with Crippen LogP contribution < -0.4 is 0 Å². The number of halogens is 1. The van der Waals surface area contributed by atoms with E-state index in [-0.39, 0.29) is 5.92 Å². The number of carbonyl (C=O) groups is 1. The van der Waals surface area contributed by atoms with E-state index in [0.717, 1.165) is 31.2 Å². The van der Waals surface area contributed by atoms with Gasteiger partial charge in [-0.3, -0.25) is 4.79 Å². The topological polar surface area (TPSA) is 17.1 Å². The van der Waals surface area contributed by atoms with Crippen LogP contribution >= 0.6 is 22.6 Å². The highest BCUT2D eigenvalue weighted by Gasteiger charge is 2.17. The quantitative estimate of drug-likeness (QED) is 0.546. The van der Waals surface area contributed by atoms with Crippen molar-refractivity contribution in [1.82, 2.24) is 0 Å². The van der Waals surface area contributed by atoms with Crippen molar-refractivity contribution < 1.29 is 4.79 Å². The molecule has 2 heteroatoms. The van der Waals surface area contributed by atoms with Gasteiger partial charge in [0.1, 0.15) is 0 Å². The fourth-order valence-corrected chi connectivity index (χ4v) is 2.18. The van der Waals surface area contributed by atoms with Gasteiger partial charge in [-0.05, 0) is 47.6 Å². The maximum absolute atomic E-state index is 12.2. The number of benzene rings is 1. The minimum Gasteiger partial charge on any atom is -0.294 e. The number of Topliss-reactive ketones (excluding diaryl/α,β-unsaturated/α-hetero) is 1. The third kappa shape index (κ3) is 3.89. The number of hydrogen-bond donors (Lipinski definition) is 0. The Balaban J connectivity index is 2.70. The maximum atomic E-state index is 12.2. The Morgan fingerprint density at radius 2 is 1.88 bits per heavy atom. The van der Waals surface area contributed by atoms with Crippen molar-refractivity contribution >= 4 is 28.4 Å². The molecule has 1 aromatic carbocycles. The molecule has 0 heterocycles. The highest BCUT2D eigenvalue weighted by atomic mass is 127. The molecule has 88 valence electrons. The molecule has 0 bridgehead atoms. The Morgan fingerprint density at radius 3 is 2.38 bits per heavy atom. The van der Waals surface area contributed by atoms with E-state index in [0.29, 0.717) is 5.78 Å². The zero-order valence-electron chi connectivity index (χ0n) is 10.0. The summed E-state index contributed by atoms with van der Waals surface area (Å²) in [6, 6.07) is 7.89. The van der Waals surface area contributed by atoms with Gasteiger partial charge in [0.25, 0.3) is 0 Å². The molecule has 1 unspecified atom stereocenters. The van der Waals surface area contributed by atoms with Gasteiger partial charge >= 0.3 is 0 Å². The van der Waals surface area contributed by atoms with Crippen molar-refractivity contribution in [2.45, 2.75) is 39.5 Å². The van der Waals surface area contributed by atoms with Gasteiger partial charge in [0.15, 0.2) is 5.78 Å². The Bertz CT molecular complexity index is 329. The van der Waals surface area contributed by atoms with E-state index in [2.05, 4.69) is 36.4 Å². The maximum Gasteiger partial charge on any atom is 0.165 e. The molecule has 1 atom stereocenters. The van der Waals surface area contributed by atoms with E-state index in [9.17, 15) is 4.79 Å². The van der Waals surface area contributed by atoms with Crippen LogP contribution in [0.3, 0.4) is 0 Å². The van der Waals surface area contributed by atoms with Gasteiger partial charge in [-0.15, -0.1) is 0 Å². The van der Waals surface area contributed by atoms with Gasteiger partial charge in [-0.2, -0.15) is 0 Å². The van der Waals surface area contributed by atoms with Crippen LogP contribution in [0.5, 0.6) is 0 Å². The first-order chi connectivity index (χ1) is 7.69. The Morgan fingerprint density at radius 1 is 1.25 bits per heavy atom. The van der Waals surface area contributed by atoms with Gasteiger partial charge in [0, 0.05) is 15.1 Å². The zero-order valence-corrected chi connectivity index (χ0v) is 12.2. The fraction of sp³-hybridized carbons (Fsp3) is 0.500. The van der Waals surface area contributed by atoms with E-state index in [1.54, 1.807) is 0 Å². The predicted octanol–water partition coefficient (Wildman–Crippen LogP) is 4.69. The second-order valence-corrected chi connectivity index (χ2v) is 5.36. The van der Waals surface area contributed by atoms with Gasteiger partial charge in [0.05, 0.1) is 0 Å². The summed E-state index contributed by atoms with van der Waals surface area (Å²) in [5.74, 6) is 0.521. The molecule has 0 radical (unpaired) electrons. The van der Waals surface area contributed by atoms with Crippen LogP contribution in [0.1, 0.15) is 49.9 Å². The summed E-state index contributed by atoms with van der Waals surface area (Å²) < 4.78 is 1.18. The summed E-state index contributed by atoms with van der Waals surface area (Å²) in [4.78, 5) is 12.2. The van der Waals surface area contributed by atoms with Crippen LogP contribution in [0.2, 0.25) is 0 Å². The molecular formula is C14H19IO. The van der Waals surface area contributed by atoms with Crippen LogP contribution in [-0.2, 0) is 0 Å². The van der Waals surface area contributed by atoms with Crippen molar-refractivity contribution in [2.24, 2.45) is 5.92 Å². The highest BCUT2D eigenvalue weighted by Crippen LogP contribution is 2.19. The monoisotopic (exact) mass is 330 g/mol. The average Bonchev–Trinajstić information content (AvgIpc) is 2.30. The van der Waals surface area contributed by atoms with Crippen LogP contribution in [0.25, 0.3) is 0 Å². The predicted molar refractivity (Wildman–Crippen MR) is 76.8 cm³/mol. The Hall–Kier alpha value is -0.380. The summed E-state index contributed by atoms with van der Waals surface area (Å²) in [7, 11) is 0. The van der Waals surface area contributed by atoms with Gasteiger partial charge in [-0.25, -0.2) is 0 Å². The van der Waals surface area contributed by atoms with E-state index in [4.69, 9.17) is 0 Å². The number of carbonyl (C=O) groups excluding carboxylic acids is 1. The molecule has 0 aliphatic heterocycles. The lowest BCUT2D eigenvalue weighted by atomic mass is 9.91. The highest BCUT2D eigenvalue weighted by molar-refractivity contribution is 14.1. The molecule has 16 heavy (non-hydrogen) atoms. The normalized spacial score (nSPS) is 12.4. The zero-order chi connectivity index (χ0) is 12.0. The van der Waals surface area contributed by atoms with E-state index in [1.807, 2.05) is 24.3 Å². The lowest BCUT2D eigenvalue weighted by Crippen LogP contribution is -2.13. The Labute approximate surface area is 112 Å². The molecule has 0 saturated carbocycles. The third-order valence-electron chi connectivity index (χ3n) is 2.90. The van der Waals surface area contributed by atoms with Crippen molar-refractivity contribution in [3.05, 3.63) is 33.4 Å². The number of unbranched alkanes of at least 4 members (excludes halogenated alkanes) is 1. The lowest BCUT2D eigenvalue weighted by molar-refractivity contribution is 0.0908. The second-order valence-electron chi connectivity index (χ2n) is 4.12. The lowest BCUT2D eigenvalue weighted by Gasteiger charge is -2.13. The van der Waals surface area contributed by atoms with Crippen LogP contribution in [0, 0.1) is 9.49 Å². The summed E-state index contributed by atoms with van der Waals surface area (Å²) in [6.07, 6.45) is 4.29. The molecule has 0 aromatic heterocycles. The largest absolute Gasteiger partial charge is 0.294 e. The van der Waals surface area contributed by atoms with Gasteiger partial charge < -0.3 is 0 Å². The smallest absolute Gasteiger partial charge is 0.165 e. The molecule has 0 aliphatic rings. The first-order valence-corrected chi connectivity index (χ1v) is 7.06. The van der Waals surface area contributed by atoms with Crippen molar-refractivity contribution in [3.63, 3.8) is 0 Å². The van der Waals surface area contributed by atoms with Crippen LogP contribution in [0.15, 0.2) is 24.3 Å². The molecule has 0 aliphatic carbocycles. The van der Waals surface area contributed by atoms with Crippen LogP contribution in [-0.4, -0.2) is 5.78 Å². The van der Waals surface area contributed by atoms with Crippen molar-refractivity contribution in [2.75, 3.05) is 0 Å². The average molecular weight is 330 g/mol. The summed E-state index contributed by atoms with van der Waals surface area (Å²) in [5.41, 5.74) is 0.864. The van der Waals surface area contributed by atoms with Crippen LogP contribution in [0.4, 0.5) is 0 Å². The minimum absolute atomic E-state index is 0.208. The number of hydrogen-bond acceptors (Lipinski definition) is 1. The Kier molecular flexibility index (Phi) is 6.03. The molecule has 0 fully saturated rings. The summed E-state index contributed by atoms with van der Waals surface area (Å²) in [5, 5.41) is 0. The van der Waals surface area contributed by atoms with E-state index >= 15 is 0 Å². The molecule has 1 rings (SSSR count). The number of rotatable bonds is 6. The second kappa shape index (κ2) is 7.05. The minimum atomic E-state index is 0.208.